The second-order valence-electron chi connectivity index (χ2n) is 4.20. The van der Waals surface area contributed by atoms with Crippen LogP contribution in [0, 0.1) is 22.7 Å². The third kappa shape index (κ3) is 1.88. The summed E-state index contributed by atoms with van der Waals surface area (Å²) in [5.41, 5.74) is 2.21. The van der Waals surface area contributed by atoms with Gasteiger partial charge < -0.3 is 0 Å². The van der Waals surface area contributed by atoms with Crippen molar-refractivity contribution in [3.63, 3.8) is 0 Å². The zero-order valence-electron chi connectivity index (χ0n) is 10.5. The van der Waals surface area contributed by atoms with E-state index < -0.39 is 0 Å². The molecule has 3 rings (SSSR count). The lowest BCUT2D eigenvalue weighted by atomic mass is 10.2. The fourth-order valence-corrected chi connectivity index (χ4v) is 2.13. The maximum Gasteiger partial charge on any atom is 0.139 e. The van der Waals surface area contributed by atoms with Crippen molar-refractivity contribution in [3.05, 3.63) is 54.0 Å². The summed E-state index contributed by atoms with van der Waals surface area (Å²) in [6, 6.07) is 15.1. The van der Waals surface area contributed by atoms with E-state index in [1.807, 2.05) is 28.8 Å². The third-order valence-electron chi connectivity index (χ3n) is 2.97. The van der Waals surface area contributed by atoms with Crippen molar-refractivity contribution >= 4 is 11.0 Å². The Labute approximate surface area is 115 Å². The average Bonchev–Trinajstić information content (AvgIpc) is 2.85. The van der Waals surface area contributed by atoms with Gasteiger partial charge in [0.2, 0.25) is 0 Å². The first kappa shape index (κ1) is 11.9. The molecular formula is C15H9N5. The predicted octanol–water partition coefficient (Wildman–Crippen LogP) is 2.36. The molecule has 0 amide bonds. The highest BCUT2D eigenvalue weighted by Crippen LogP contribution is 2.21. The van der Waals surface area contributed by atoms with Crippen LogP contribution in [0.2, 0.25) is 0 Å². The number of imidazole rings is 1. The van der Waals surface area contributed by atoms with Gasteiger partial charge in [0, 0.05) is 6.20 Å². The molecule has 0 bridgehead atoms. The zero-order valence-corrected chi connectivity index (χ0v) is 10.5. The minimum Gasteiger partial charge on any atom is -0.279 e. The summed E-state index contributed by atoms with van der Waals surface area (Å²) in [6.07, 6.45) is 1.77. The highest BCUT2D eigenvalue weighted by Gasteiger charge is 2.12. The number of benzene rings is 1. The van der Waals surface area contributed by atoms with Gasteiger partial charge in [-0.15, -0.1) is 0 Å². The van der Waals surface area contributed by atoms with Gasteiger partial charge in [0.05, 0.1) is 35.2 Å². The lowest BCUT2D eigenvalue weighted by Gasteiger charge is -2.06. The fraction of sp³-hybridized carbons (Fsp3) is 0.0667. The second-order valence-corrected chi connectivity index (χ2v) is 4.20. The van der Waals surface area contributed by atoms with Crippen molar-refractivity contribution in [2.45, 2.75) is 6.42 Å². The van der Waals surface area contributed by atoms with E-state index in [-0.39, 0.29) is 6.42 Å². The Bertz CT molecular complexity index is 864. The maximum absolute atomic E-state index is 8.99. The number of aromatic nitrogens is 3. The Morgan fingerprint density at radius 3 is 2.80 bits per heavy atom. The van der Waals surface area contributed by atoms with Gasteiger partial charge in [-0.3, -0.25) is 4.57 Å². The minimum absolute atomic E-state index is 0.188. The van der Waals surface area contributed by atoms with Crippen LogP contribution in [0.3, 0.4) is 0 Å². The fourth-order valence-electron chi connectivity index (χ4n) is 2.13. The van der Waals surface area contributed by atoms with Gasteiger partial charge >= 0.3 is 0 Å². The summed E-state index contributed by atoms with van der Waals surface area (Å²) in [5, 5.41) is 17.9. The first-order chi connectivity index (χ1) is 9.83. The monoisotopic (exact) mass is 259 g/mol. The van der Waals surface area contributed by atoms with Gasteiger partial charge in [0.15, 0.2) is 0 Å². The van der Waals surface area contributed by atoms with E-state index in [0.29, 0.717) is 17.2 Å². The molecule has 0 unspecified atom stereocenters. The summed E-state index contributed by atoms with van der Waals surface area (Å²) in [7, 11) is 0. The van der Waals surface area contributed by atoms with Crippen molar-refractivity contribution in [2.24, 2.45) is 0 Å². The molecule has 3 aromatic rings. The summed E-state index contributed by atoms with van der Waals surface area (Å²) in [6.45, 7) is 0. The Hall–Kier alpha value is -3.18. The van der Waals surface area contributed by atoms with E-state index in [1.54, 1.807) is 18.3 Å². The van der Waals surface area contributed by atoms with Crippen LogP contribution in [0.25, 0.3) is 16.9 Å². The van der Waals surface area contributed by atoms with Crippen LogP contribution >= 0.6 is 0 Å². The summed E-state index contributed by atoms with van der Waals surface area (Å²) in [5.74, 6) is 1.22. The molecule has 94 valence electrons. The Morgan fingerprint density at radius 1 is 1.15 bits per heavy atom. The van der Waals surface area contributed by atoms with Crippen LogP contribution in [-0.4, -0.2) is 14.5 Å². The third-order valence-corrected chi connectivity index (χ3v) is 2.97. The first-order valence-corrected chi connectivity index (χ1v) is 6.03. The number of para-hydroxylation sites is 2. The topological polar surface area (TPSA) is 78.3 Å². The van der Waals surface area contributed by atoms with E-state index in [2.05, 4.69) is 22.1 Å². The molecule has 0 N–H and O–H groups in total. The highest BCUT2D eigenvalue weighted by atomic mass is 15.1. The Balaban J connectivity index is 2.31. The molecule has 2 aromatic heterocycles. The van der Waals surface area contributed by atoms with Gasteiger partial charge in [0.25, 0.3) is 0 Å². The smallest absolute Gasteiger partial charge is 0.139 e. The molecule has 0 atom stereocenters. The second kappa shape index (κ2) is 4.83. The van der Waals surface area contributed by atoms with Crippen molar-refractivity contribution in [2.75, 3.05) is 0 Å². The van der Waals surface area contributed by atoms with Gasteiger partial charge in [-0.05, 0) is 24.3 Å². The predicted molar refractivity (Wildman–Crippen MR) is 72.9 cm³/mol. The van der Waals surface area contributed by atoms with Crippen LogP contribution in [0.15, 0.2) is 42.6 Å². The van der Waals surface area contributed by atoms with E-state index in [0.717, 1.165) is 11.0 Å². The summed E-state index contributed by atoms with van der Waals surface area (Å²) in [4.78, 5) is 8.74. The van der Waals surface area contributed by atoms with E-state index in [1.165, 1.54) is 0 Å². The highest BCUT2D eigenvalue weighted by molar-refractivity contribution is 5.78. The minimum atomic E-state index is 0.188. The van der Waals surface area contributed by atoms with E-state index in [9.17, 15) is 0 Å². The zero-order chi connectivity index (χ0) is 13.9. The van der Waals surface area contributed by atoms with Crippen molar-refractivity contribution < 1.29 is 0 Å². The first-order valence-electron chi connectivity index (χ1n) is 6.03. The molecule has 0 aliphatic heterocycles. The molecule has 0 radical (unpaired) electrons. The molecule has 0 aliphatic rings. The summed E-state index contributed by atoms with van der Waals surface area (Å²) < 4.78 is 1.82. The molecule has 0 saturated heterocycles. The van der Waals surface area contributed by atoms with Crippen LogP contribution < -0.4 is 0 Å². The number of pyridine rings is 1. The number of nitrogens with zero attached hydrogens (tertiary/aromatic N) is 5. The van der Waals surface area contributed by atoms with Crippen molar-refractivity contribution in [3.8, 4) is 18.0 Å². The molecule has 0 saturated carbocycles. The van der Waals surface area contributed by atoms with Gasteiger partial charge in [-0.1, -0.05) is 12.1 Å². The van der Waals surface area contributed by atoms with Gasteiger partial charge in [-0.25, -0.2) is 9.97 Å². The number of rotatable bonds is 2. The number of hydrogen-bond acceptors (Lipinski definition) is 4. The average molecular weight is 259 g/mol. The van der Waals surface area contributed by atoms with Crippen molar-refractivity contribution in [1.29, 1.82) is 10.5 Å². The van der Waals surface area contributed by atoms with Crippen LogP contribution in [0.5, 0.6) is 0 Å². The molecular weight excluding hydrogens is 250 g/mol. The van der Waals surface area contributed by atoms with Crippen LogP contribution in [0.4, 0.5) is 0 Å². The molecule has 20 heavy (non-hydrogen) atoms. The number of nitriles is 2. The number of hydrogen-bond donors (Lipinski definition) is 0. The molecule has 0 fully saturated rings. The quantitative estimate of drug-likeness (QED) is 0.707. The SMILES string of the molecule is N#CCc1nc2ccccc2n1-c1cc(C#N)ccn1. The largest absolute Gasteiger partial charge is 0.279 e. The Morgan fingerprint density at radius 2 is 2.00 bits per heavy atom. The van der Waals surface area contributed by atoms with E-state index >= 15 is 0 Å². The maximum atomic E-state index is 8.99. The lowest BCUT2D eigenvalue weighted by Crippen LogP contribution is -2.03. The van der Waals surface area contributed by atoms with Crippen molar-refractivity contribution in [1.82, 2.24) is 14.5 Å². The molecule has 1 aromatic carbocycles. The molecule has 0 aliphatic carbocycles. The number of fused-ring (bicyclic) bond motifs is 1. The van der Waals surface area contributed by atoms with E-state index in [4.69, 9.17) is 10.5 Å². The van der Waals surface area contributed by atoms with Gasteiger partial charge in [0.1, 0.15) is 11.6 Å². The summed E-state index contributed by atoms with van der Waals surface area (Å²) >= 11 is 0. The molecule has 0 spiro atoms. The standard InChI is InChI=1S/C15H9N5/c16-7-5-14-19-12-3-1-2-4-13(12)20(14)15-9-11(10-17)6-8-18-15/h1-4,6,8-9H,5H2. The normalized spacial score (nSPS) is 10.1. The lowest BCUT2D eigenvalue weighted by molar-refractivity contribution is 0.921. The van der Waals surface area contributed by atoms with Crippen LogP contribution in [0.1, 0.15) is 11.4 Å². The molecule has 5 nitrogen and oxygen atoms in total. The van der Waals surface area contributed by atoms with Gasteiger partial charge in [-0.2, -0.15) is 10.5 Å². The molecule has 5 heteroatoms. The van der Waals surface area contributed by atoms with Crippen LogP contribution in [-0.2, 0) is 6.42 Å². The Kier molecular flexibility index (Phi) is 2.87. The molecule has 2 heterocycles.